The molecule has 0 aliphatic carbocycles. The third-order valence-electron chi connectivity index (χ3n) is 7.39. The Kier molecular flexibility index (Phi) is 8.11. The Balaban J connectivity index is 1.38. The Morgan fingerprint density at radius 3 is 2.40 bits per heavy atom. The summed E-state index contributed by atoms with van der Waals surface area (Å²) < 4.78 is 18.1. The van der Waals surface area contributed by atoms with E-state index in [1.165, 1.54) is 4.90 Å². The van der Waals surface area contributed by atoms with Gasteiger partial charge in [0.05, 0.1) is 29.2 Å². The third kappa shape index (κ3) is 5.70. The average Bonchev–Trinajstić information content (AvgIpc) is 3.33. The highest BCUT2D eigenvalue weighted by molar-refractivity contribution is 9.10. The number of ether oxygens (including phenoxy) is 2. The lowest BCUT2D eigenvalue weighted by atomic mass is 9.98. The Morgan fingerprint density at radius 1 is 0.930 bits per heavy atom. The van der Waals surface area contributed by atoms with Gasteiger partial charge in [0.15, 0.2) is 5.43 Å². The number of carbonyl (C=O) groups is 2. The van der Waals surface area contributed by atoms with Gasteiger partial charge in [0.25, 0.3) is 5.91 Å². The van der Waals surface area contributed by atoms with Gasteiger partial charge in [-0.3, -0.25) is 14.5 Å². The van der Waals surface area contributed by atoms with Crippen molar-refractivity contribution < 1.29 is 23.5 Å². The van der Waals surface area contributed by atoms with Crippen LogP contribution in [0.1, 0.15) is 63.4 Å². The van der Waals surface area contributed by atoms with Crippen molar-refractivity contribution in [2.45, 2.75) is 32.4 Å². The van der Waals surface area contributed by atoms with E-state index < -0.39 is 17.9 Å². The molecule has 0 spiro atoms. The SMILES string of the molecule is CCCCOC(=O)c1ccc(N2C(=O)c3oc4ccc(Br)cc4c(=O)c3C2c2ccc(OCc3ccccc3)cc2)cc1. The van der Waals surface area contributed by atoms with E-state index in [2.05, 4.69) is 15.9 Å². The number of halogens is 1. The van der Waals surface area contributed by atoms with Crippen molar-refractivity contribution in [3.63, 3.8) is 0 Å². The minimum Gasteiger partial charge on any atom is -0.489 e. The Morgan fingerprint density at radius 2 is 1.67 bits per heavy atom. The van der Waals surface area contributed by atoms with Crippen LogP contribution in [0, 0.1) is 0 Å². The summed E-state index contributed by atoms with van der Waals surface area (Å²) in [5, 5.41) is 0.376. The minimum absolute atomic E-state index is 0.00252. The van der Waals surface area contributed by atoms with Gasteiger partial charge in [-0.05, 0) is 72.1 Å². The second kappa shape index (κ2) is 12.3. The molecule has 0 bridgehead atoms. The number of rotatable bonds is 9. The number of hydrogen-bond donors (Lipinski definition) is 0. The molecule has 216 valence electrons. The van der Waals surface area contributed by atoms with Crippen LogP contribution in [0.5, 0.6) is 5.75 Å². The van der Waals surface area contributed by atoms with Gasteiger partial charge in [0.2, 0.25) is 5.76 Å². The molecule has 0 saturated carbocycles. The maximum absolute atomic E-state index is 13.9. The maximum atomic E-state index is 13.9. The summed E-state index contributed by atoms with van der Waals surface area (Å²) in [5.74, 6) is -0.210. The molecule has 1 unspecified atom stereocenters. The molecule has 8 heteroatoms. The van der Waals surface area contributed by atoms with Gasteiger partial charge < -0.3 is 13.9 Å². The van der Waals surface area contributed by atoms with Crippen molar-refractivity contribution in [2.24, 2.45) is 0 Å². The average molecular weight is 639 g/mol. The smallest absolute Gasteiger partial charge is 0.338 e. The van der Waals surface area contributed by atoms with E-state index in [4.69, 9.17) is 13.9 Å². The zero-order valence-corrected chi connectivity index (χ0v) is 25.0. The van der Waals surface area contributed by atoms with Crippen LogP contribution < -0.4 is 15.1 Å². The van der Waals surface area contributed by atoms with Crippen molar-refractivity contribution in [2.75, 3.05) is 11.5 Å². The number of unbranched alkanes of at least 4 members (excludes halogenated alkanes) is 1. The number of esters is 1. The molecule has 7 nitrogen and oxygen atoms in total. The van der Waals surface area contributed by atoms with Gasteiger partial charge >= 0.3 is 5.97 Å². The predicted octanol–water partition coefficient (Wildman–Crippen LogP) is 7.84. The summed E-state index contributed by atoms with van der Waals surface area (Å²) in [6, 6.07) is 28.2. The van der Waals surface area contributed by atoms with Crippen molar-refractivity contribution in [1.29, 1.82) is 0 Å². The van der Waals surface area contributed by atoms with Gasteiger partial charge in [-0.1, -0.05) is 71.7 Å². The van der Waals surface area contributed by atoms with Crippen LogP contribution in [0.4, 0.5) is 5.69 Å². The number of nitrogens with zero attached hydrogens (tertiary/aromatic N) is 1. The van der Waals surface area contributed by atoms with Crippen LogP contribution in [0.25, 0.3) is 11.0 Å². The first-order valence-electron chi connectivity index (χ1n) is 14.1. The van der Waals surface area contributed by atoms with Gasteiger partial charge in [-0.25, -0.2) is 4.79 Å². The van der Waals surface area contributed by atoms with E-state index >= 15 is 0 Å². The molecule has 0 radical (unpaired) electrons. The van der Waals surface area contributed by atoms with Crippen LogP contribution in [0.3, 0.4) is 0 Å². The molecule has 2 heterocycles. The quantitative estimate of drug-likeness (QED) is 0.121. The lowest BCUT2D eigenvalue weighted by Gasteiger charge is -2.25. The van der Waals surface area contributed by atoms with Gasteiger partial charge in [0.1, 0.15) is 17.9 Å². The fraction of sp³-hybridized carbons (Fsp3) is 0.171. The molecule has 43 heavy (non-hydrogen) atoms. The molecule has 1 amide bonds. The number of fused-ring (bicyclic) bond motifs is 2. The van der Waals surface area contributed by atoms with Crippen LogP contribution in [0.15, 0.2) is 111 Å². The summed E-state index contributed by atoms with van der Waals surface area (Å²) in [5.41, 5.74) is 2.96. The Hall–Kier alpha value is -4.69. The molecule has 0 N–H and O–H groups in total. The number of benzene rings is 4. The molecule has 1 aromatic heterocycles. The van der Waals surface area contributed by atoms with Gasteiger partial charge in [-0.2, -0.15) is 0 Å². The number of hydrogen-bond acceptors (Lipinski definition) is 6. The molecular weight excluding hydrogens is 610 g/mol. The van der Waals surface area contributed by atoms with Crippen molar-refractivity contribution in [3.8, 4) is 5.75 Å². The van der Waals surface area contributed by atoms with Crippen molar-refractivity contribution >= 4 is 44.5 Å². The van der Waals surface area contributed by atoms with E-state index in [1.54, 1.807) is 42.5 Å². The standard InChI is InChI=1S/C35H28BrNO6/c1-2-3-19-41-35(40)24-9-14-26(15-10-24)37-31(23-11-16-27(17-12-23)42-21-22-7-5-4-6-8-22)30-32(38)28-20-25(36)13-18-29(28)43-33(30)34(37)39/h4-18,20,31H,2-3,19,21H2,1H3. The molecular formula is C35H28BrNO6. The summed E-state index contributed by atoms with van der Waals surface area (Å²) in [6.45, 7) is 2.78. The van der Waals surface area contributed by atoms with E-state index in [0.717, 1.165) is 22.9 Å². The van der Waals surface area contributed by atoms with E-state index in [1.807, 2.05) is 61.5 Å². The van der Waals surface area contributed by atoms with Crippen molar-refractivity contribution in [1.82, 2.24) is 0 Å². The third-order valence-corrected chi connectivity index (χ3v) is 7.88. The minimum atomic E-state index is -0.757. The number of carbonyl (C=O) groups excluding carboxylic acids is 2. The van der Waals surface area contributed by atoms with Crippen LogP contribution >= 0.6 is 15.9 Å². The Bertz CT molecular complexity index is 1850. The summed E-state index contributed by atoms with van der Waals surface area (Å²) in [6.07, 6.45) is 1.71. The maximum Gasteiger partial charge on any atom is 0.338 e. The molecule has 0 saturated heterocycles. The molecule has 1 aliphatic rings. The van der Waals surface area contributed by atoms with E-state index in [-0.39, 0.29) is 16.8 Å². The molecule has 1 atom stereocenters. The molecule has 6 rings (SSSR count). The zero-order chi connectivity index (χ0) is 29.9. The topological polar surface area (TPSA) is 86.0 Å². The van der Waals surface area contributed by atoms with Gasteiger partial charge in [0, 0.05) is 10.2 Å². The molecule has 1 aliphatic heterocycles. The first-order chi connectivity index (χ1) is 20.9. The fourth-order valence-electron chi connectivity index (χ4n) is 5.16. The van der Waals surface area contributed by atoms with E-state index in [9.17, 15) is 14.4 Å². The summed E-state index contributed by atoms with van der Waals surface area (Å²) in [4.78, 5) is 41.9. The highest BCUT2D eigenvalue weighted by atomic mass is 79.9. The lowest BCUT2D eigenvalue weighted by molar-refractivity contribution is 0.0499. The summed E-state index contributed by atoms with van der Waals surface area (Å²) >= 11 is 3.44. The molecule has 4 aromatic carbocycles. The second-order valence-electron chi connectivity index (χ2n) is 10.3. The van der Waals surface area contributed by atoms with Gasteiger partial charge in [-0.15, -0.1) is 0 Å². The molecule has 0 fully saturated rings. The highest BCUT2D eigenvalue weighted by Crippen LogP contribution is 2.42. The normalized spacial score (nSPS) is 14.1. The lowest BCUT2D eigenvalue weighted by Crippen LogP contribution is -2.29. The number of anilines is 1. The zero-order valence-electron chi connectivity index (χ0n) is 23.4. The van der Waals surface area contributed by atoms with Crippen molar-refractivity contribution in [3.05, 3.63) is 140 Å². The van der Waals surface area contributed by atoms with Crippen LogP contribution in [-0.2, 0) is 11.3 Å². The van der Waals surface area contributed by atoms with Crippen LogP contribution in [-0.4, -0.2) is 18.5 Å². The number of amides is 1. The van der Waals surface area contributed by atoms with E-state index in [0.29, 0.717) is 46.7 Å². The second-order valence-corrected chi connectivity index (χ2v) is 11.2. The Labute approximate surface area is 256 Å². The molecule has 5 aromatic rings. The fourth-order valence-corrected chi connectivity index (χ4v) is 5.53. The largest absolute Gasteiger partial charge is 0.489 e. The monoisotopic (exact) mass is 637 g/mol. The first-order valence-corrected chi connectivity index (χ1v) is 14.9. The first kappa shape index (κ1) is 28.4. The van der Waals surface area contributed by atoms with Crippen LogP contribution in [0.2, 0.25) is 0 Å². The predicted molar refractivity (Wildman–Crippen MR) is 168 cm³/mol. The summed E-state index contributed by atoms with van der Waals surface area (Å²) in [7, 11) is 0. The highest BCUT2D eigenvalue weighted by Gasteiger charge is 2.43.